The van der Waals surface area contributed by atoms with Crippen molar-refractivity contribution in [1.29, 1.82) is 0 Å². The molecule has 0 aliphatic heterocycles. The highest BCUT2D eigenvalue weighted by molar-refractivity contribution is 7.10. The third-order valence-corrected chi connectivity index (χ3v) is 5.41. The molecule has 0 fully saturated rings. The van der Waals surface area contributed by atoms with Crippen LogP contribution in [0.5, 0.6) is 0 Å². The molecule has 2 N–H and O–H groups in total. The molecule has 0 amide bonds. The molecule has 4 aromatic rings. The van der Waals surface area contributed by atoms with Crippen LogP contribution < -0.4 is 10.9 Å². The summed E-state index contributed by atoms with van der Waals surface area (Å²) in [5.41, 5.74) is 6.64. The van der Waals surface area contributed by atoms with Crippen LogP contribution in [0.3, 0.4) is 0 Å². The van der Waals surface area contributed by atoms with Gasteiger partial charge in [0.05, 0.1) is 11.4 Å². The lowest BCUT2D eigenvalue weighted by atomic mass is 10.0. The van der Waals surface area contributed by atoms with Crippen LogP contribution in [0.1, 0.15) is 4.88 Å². The number of nitrogens with two attached hydrogens (primary N) is 1. The van der Waals surface area contributed by atoms with E-state index in [4.69, 9.17) is 5.84 Å². The Hall–Kier alpha value is -2.88. The summed E-state index contributed by atoms with van der Waals surface area (Å²) >= 11 is 1.76. The first kappa shape index (κ1) is 16.6. The molecular weight excluding hydrogens is 336 g/mol. The zero-order valence-corrected chi connectivity index (χ0v) is 15.4. The Morgan fingerprint density at radius 3 is 1.88 bits per heavy atom. The fraction of sp³-hybridized carbons (Fsp3) is 0.0435. The summed E-state index contributed by atoms with van der Waals surface area (Å²) in [7, 11) is 0. The summed E-state index contributed by atoms with van der Waals surface area (Å²) in [6.07, 6.45) is 0. The highest BCUT2D eigenvalue weighted by Gasteiger charge is 2.16. The van der Waals surface area contributed by atoms with Crippen molar-refractivity contribution in [1.82, 2.24) is 0 Å². The molecule has 26 heavy (non-hydrogen) atoms. The van der Waals surface area contributed by atoms with Gasteiger partial charge in [-0.15, -0.1) is 11.3 Å². The van der Waals surface area contributed by atoms with Crippen molar-refractivity contribution in [3.63, 3.8) is 0 Å². The van der Waals surface area contributed by atoms with Crippen molar-refractivity contribution in [2.24, 2.45) is 5.84 Å². The average Bonchev–Trinajstić information content (AvgIpc) is 3.14. The predicted molar refractivity (Wildman–Crippen MR) is 113 cm³/mol. The van der Waals surface area contributed by atoms with Crippen LogP contribution in [-0.2, 0) is 0 Å². The van der Waals surface area contributed by atoms with E-state index in [1.165, 1.54) is 10.4 Å². The number of para-hydroxylation sites is 2. The molecule has 0 radical (unpaired) electrons. The molecular formula is C23H20N2S. The van der Waals surface area contributed by atoms with Crippen molar-refractivity contribution < 1.29 is 0 Å². The van der Waals surface area contributed by atoms with Crippen LogP contribution in [0.25, 0.3) is 22.3 Å². The van der Waals surface area contributed by atoms with Crippen LogP contribution >= 0.6 is 11.3 Å². The van der Waals surface area contributed by atoms with Crippen LogP contribution in [0.4, 0.5) is 11.4 Å². The molecule has 1 aromatic heterocycles. The van der Waals surface area contributed by atoms with Crippen molar-refractivity contribution in [2.75, 3.05) is 5.01 Å². The van der Waals surface area contributed by atoms with Gasteiger partial charge in [-0.2, -0.15) is 0 Å². The van der Waals surface area contributed by atoms with Gasteiger partial charge < -0.3 is 0 Å². The van der Waals surface area contributed by atoms with E-state index >= 15 is 0 Å². The molecule has 0 saturated heterocycles. The Bertz CT molecular complexity index is 1020. The number of hydrogen-bond acceptors (Lipinski definition) is 3. The van der Waals surface area contributed by atoms with Gasteiger partial charge in [0, 0.05) is 16.0 Å². The molecule has 128 valence electrons. The Kier molecular flexibility index (Phi) is 4.57. The molecule has 0 aliphatic rings. The van der Waals surface area contributed by atoms with Crippen LogP contribution in [0.15, 0.2) is 90.3 Å². The minimum Gasteiger partial charge on any atom is -0.278 e. The first-order valence-corrected chi connectivity index (χ1v) is 9.46. The monoisotopic (exact) mass is 356 g/mol. The maximum Gasteiger partial charge on any atom is 0.0654 e. The molecule has 0 aliphatic carbocycles. The number of hydrogen-bond donors (Lipinski definition) is 1. The van der Waals surface area contributed by atoms with Crippen molar-refractivity contribution in [3.05, 3.63) is 95.2 Å². The summed E-state index contributed by atoms with van der Waals surface area (Å²) < 4.78 is 0. The minimum atomic E-state index is 0.985. The van der Waals surface area contributed by atoms with E-state index in [9.17, 15) is 0 Å². The smallest absolute Gasteiger partial charge is 0.0654 e. The lowest BCUT2D eigenvalue weighted by molar-refractivity contribution is 1.09. The van der Waals surface area contributed by atoms with Gasteiger partial charge in [0.2, 0.25) is 0 Å². The molecule has 1 heterocycles. The topological polar surface area (TPSA) is 29.3 Å². The van der Waals surface area contributed by atoms with Gasteiger partial charge in [0.1, 0.15) is 0 Å². The van der Waals surface area contributed by atoms with E-state index in [1.54, 1.807) is 16.3 Å². The Morgan fingerprint density at radius 1 is 0.654 bits per heavy atom. The number of nitrogens with zero attached hydrogens (tertiary/aromatic N) is 1. The maximum atomic E-state index is 6.65. The molecule has 3 aromatic carbocycles. The van der Waals surface area contributed by atoms with Gasteiger partial charge in [-0.25, -0.2) is 5.84 Å². The number of hydrazine groups is 1. The summed E-state index contributed by atoms with van der Waals surface area (Å²) in [5, 5.41) is 3.93. The lowest BCUT2D eigenvalue weighted by Gasteiger charge is -2.24. The fourth-order valence-corrected chi connectivity index (χ4v) is 3.96. The first-order chi connectivity index (χ1) is 12.8. The highest BCUT2D eigenvalue weighted by atomic mass is 32.1. The Morgan fingerprint density at radius 2 is 1.23 bits per heavy atom. The van der Waals surface area contributed by atoms with Crippen LogP contribution in [0, 0.1) is 6.92 Å². The molecule has 0 spiro atoms. The number of thiophene rings is 1. The summed E-state index contributed by atoms with van der Waals surface area (Å²) in [6.45, 7) is 2.15. The normalized spacial score (nSPS) is 10.7. The van der Waals surface area contributed by atoms with Gasteiger partial charge in [0.25, 0.3) is 0 Å². The van der Waals surface area contributed by atoms with Gasteiger partial charge in [0.15, 0.2) is 0 Å². The zero-order valence-electron chi connectivity index (χ0n) is 14.6. The maximum absolute atomic E-state index is 6.65. The second kappa shape index (κ2) is 7.16. The van der Waals surface area contributed by atoms with E-state index in [1.807, 2.05) is 18.2 Å². The zero-order chi connectivity index (χ0) is 17.9. The van der Waals surface area contributed by atoms with Gasteiger partial charge in [-0.1, -0.05) is 66.7 Å². The quantitative estimate of drug-likeness (QED) is 0.338. The average molecular weight is 356 g/mol. The second-order valence-electron chi connectivity index (χ2n) is 6.16. The lowest BCUT2D eigenvalue weighted by Crippen LogP contribution is -2.26. The molecule has 0 unspecified atom stereocenters. The Balaban J connectivity index is 1.84. The largest absolute Gasteiger partial charge is 0.278 e. The summed E-state index contributed by atoms with van der Waals surface area (Å²) in [5.74, 6) is 6.65. The van der Waals surface area contributed by atoms with E-state index in [2.05, 4.69) is 79.0 Å². The van der Waals surface area contributed by atoms with E-state index < -0.39 is 0 Å². The molecule has 4 rings (SSSR count). The minimum absolute atomic E-state index is 0.985. The predicted octanol–water partition coefficient (Wildman–Crippen LogP) is 6.40. The third-order valence-electron chi connectivity index (χ3n) is 4.56. The number of rotatable bonds is 4. The molecule has 2 nitrogen and oxygen atoms in total. The molecule has 0 atom stereocenters. The van der Waals surface area contributed by atoms with Crippen LogP contribution in [-0.4, -0.2) is 0 Å². The van der Waals surface area contributed by atoms with Gasteiger partial charge >= 0.3 is 0 Å². The second-order valence-corrected chi connectivity index (χ2v) is 7.28. The van der Waals surface area contributed by atoms with Gasteiger partial charge in [-0.3, -0.25) is 5.01 Å². The molecule has 3 heteroatoms. The number of aryl methyl sites for hydroxylation is 1. The van der Waals surface area contributed by atoms with Crippen molar-refractivity contribution in [2.45, 2.75) is 6.92 Å². The third kappa shape index (κ3) is 3.03. The standard InChI is InChI=1S/C23H20N2S/c1-17-19(15-16-26-17)21-12-6-8-14-23(21)25(24)22-13-7-5-11-20(22)18-9-3-2-4-10-18/h2-16H,24H2,1H3. The van der Waals surface area contributed by atoms with Gasteiger partial charge in [-0.05, 0) is 41.6 Å². The Labute approximate surface area is 158 Å². The summed E-state index contributed by atoms with van der Waals surface area (Å²) in [4.78, 5) is 1.29. The number of benzene rings is 3. The van der Waals surface area contributed by atoms with E-state index in [0.29, 0.717) is 0 Å². The number of anilines is 2. The fourth-order valence-electron chi connectivity index (χ4n) is 3.25. The van der Waals surface area contributed by atoms with E-state index in [0.717, 1.165) is 28.1 Å². The van der Waals surface area contributed by atoms with Crippen molar-refractivity contribution >= 4 is 22.7 Å². The summed E-state index contributed by atoms with van der Waals surface area (Å²) in [6, 6.07) is 29.1. The highest BCUT2D eigenvalue weighted by Crippen LogP contribution is 2.39. The SMILES string of the molecule is Cc1sccc1-c1ccccc1N(N)c1ccccc1-c1ccccc1. The van der Waals surface area contributed by atoms with E-state index in [-0.39, 0.29) is 0 Å². The van der Waals surface area contributed by atoms with Crippen molar-refractivity contribution in [3.8, 4) is 22.3 Å². The molecule has 0 saturated carbocycles. The van der Waals surface area contributed by atoms with Crippen LogP contribution in [0.2, 0.25) is 0 Å². The first-order valence-electron chi connectivity index (χ1n) is 8.58. The molecule has 0 bridgehead atoms.